The predicted octanol–water partition coefficient (Wildman–Crippen LogP) is 4.83. The molecule has 0 aliphatic carbocycles. The van der Waals surface area contributed by atoms with Crippen LogP contribution in [-0.4, -0.2) is 12.6 Å². The van der Waals surface area contributed by atoms with Crippen molar-refractivity contribution in [2.75, 3.05) is 6.61 Å². The van der Waals surface area contributed by atoms with Gasteiger partial charge in [0.15, 0.2) is 0 Å². The second-order valence-electron chi connectivity index (χ2n) is 6.09. The largest absolute Gasteiger partial charge is 0.462 e. The summed E-state index contributed by atoms with van der Waals surface area (Å²) in [6, 6.07) is 15.9. The average molecular weight is 282 g/mol. The molecule has 2 heteroatoms. The van der Waals surface area contributed by atoms with Crippen LogP contribution in [-0.2, 0) is 10.2 Å². The lowest BCUT2D eigenvalue weighted by Gasteiger charge is -2.19. The Balaban J connectivity index is 2.41. The van der Waals surface area contributed by atoms with Crippen LogP contribution in [0, 0.1) is 0 Å². The quantitative estimate of drug-likeness (QED) is 0.754. The Bertz CT molecular complexity index is 619. The molecular weight excluding hydrogens is 260 g/mol. The van der Waals surface area contributed by atoms with E-state index in [1.54, 1.807) is 0 Å². The minimum Gasteiger partial charge on any atom is -0.462 e. The second kappa shape index (κ2) is 6.13. The van der Waals surface area contributed by atoms with Gasteiger partial charge in [0.2, 0.25) is 0 Å². The summed E-state index contributed by atoms with van der Waals surface area (Å²) in [4.78, 5) is 12.0. The topological polar surface area (TPSA) is 26.3 Å². The van der Waals surface area contributed by atoms with Crippen LogP contribution in [0.25, 0.3) is 11.1 Å². The summed E-state index contributed by atoms with van der Waals surface area (Å²) in [6.07, 6.45) is 0. The number of rotatable bonds is 3. The van der Waals surface area contributed by atoms with Crippen LogP contribution in [0.2, 0.25) is 0 Å². The van der Waals surface area contributed by atoms with Gasteiger partial charge in [-0.3, -0.25) is 0 Å². The van der Waals surface area contributed by atoms with Gasteiger partial charge in [-0.05, 0) is 35.1 Å². The predicted molar refractivity (Wildman–Crippen MR) is 86.5 cm³/mol. The van der Waals surface area contributed by atoms with E-state index in [0.717, 1.165) is 11.1 Å². The second-order valence-corrected chi connectivity index (χ2v) is 6.09. The number of benzene rings is 2. The van der Waals surface area contributed by atoms with E-state index in [4.69, 9.17) is 4.74 Å². The van der Waals surface area contributed by atoms with E-state index in [2.05, 4.69) is 45.0 Å². The maximum Gasteiger partial charge on any atom is 0.338 e. The number of ether oxygens (including phenoxy) is 1. The van der Waals surface area contributed by atoms with Crippen molar-refractivity contribution in [2.45, 2.75) is 33.1 Å². The van der Waals surface area contributed by atoms with Gasteiger partial charge in [0.25, 0.3) is 0 Å². The molecule has 0 aliphatic rings. The van der Waals surface area contributed by atoms with E-state index in [9.17, 15) is 4.79 Å². The third kappa shape index (κ3) is 3.52. The first kappa shape index (κ1) is 15.3. The maximum atomic E-state index is 12.0. The Labute approximate surface area is 126 Å². The zero-order valence-electron chi connectivity index (χ0n) is 13.1. The van der Waals surface area contributed by atoms with E-state index in [1.165, 1.54) is 5.56 Å². The van der Waals surface area contributed by atoms with Crippen LogP contribution in [0.4, 0.5) is 0 Å². The summed E-state index contributed by atoms with van der Waals surface area (Å²) in [5.41, 5.74) is 3.96. The van der Waals surface area contributed by atoms with Crippen molar-refractivity contribution < 1.29 is 9.53 Å². The molecule has 2 nitrogen and oxygen atoms in total. The van der Waals surface area contributed by atoms with E-state index >= 15 is 0 Å². The Kier molecular flexibility index (Phi) is 4.46. The highest BCUT2D eigenvalue weighted by atomic mass is 16.5. The highest BCUT2D eigenvalue weighted by Crippen LogP contribution is 2.28. The first-order chi connectivity index (χ1) is 9.93. The standard InChI is InChI=1S/C19H22O2/c1-5-21-18(20)17-9-7-6-8-16(17)14-10-12-15(13-11-14)19(2,3)4/h6-13H,5H2,1-4H3. The molecule has 0 saturated heterocycles. The van der Waals surface area contributed by atoms with Gasteiger partial charge >= 0.3 is 5.97 Å². The number of carbonyl (C=O) groups is 1. The highest BCUT2D eigenvalue weighted by molar-refractivity contribution is 5.97. The summed E-state index contributed by atoms with van der Waals surface area (Å²) in [6.45, 7) is 8.77. The minimum absolute atomic E-state index is 0.124. The number of hydrogen-bond donors (Lipinski definition) is 0. The molecule has 0 fully saturated rings. The molecule has 0 N–H and O–H groups in total. The Hall–Kier alpha value is -2.09. The van der Waals surface area contributed by atoms with Gasteiger partial charge < -0.3 is 4.74 Å². The molecule has 0 aliphatic heterocycles. The molecular formula is C19H22O2. The summed E-state index contributed by atoms with van der Waals surface area (Å²) in [7, 11) is 0. The normalized spacial score (nSPS) is 11.2. The van der Waals surface area contributed by atoms with Crippen molar-refractivity contribution in [3.8, 4) is 11.1 Å². The van der Waals surface area contributed by atoms with Crippen molar-refractivity contribution in [2.24, 2.45) is 0 Å². The van der Waals surface area contributed by atoms with E-state index in [1.807, 2.05) is 31.2 Å². The molecule has 2 aromatic rings. The van der Waals surface area contributed by atoms with Crippen LogP contribution < -0.4 is 0 Å². The van der Waals surface area contributed by atoms with Crippen LogP contribution in [0.15, 0.2) is 48.5 Å². The molecule has 0 atom stereocenters. The molecule has 0 bridgehead atoms. The van der Waals surface area contributed by atoms with Crippen LogP contribution in [0.5, 0.6) is 0 Å². The monoisotopic (exact) mass is 282 g/mol. The molecule has 0 aromatic heterocycles. The lowest BCUT2D eigenvalue weighted by Crippen LogP contribution is -2.10. The van der Waals surface area contributed by atoms with Gasteiger partial charge in [-0.25, -0.2) is 4.79 Å². The van der Waals surface area contributed by atoms with Gasteiger partial charge in [0.05, 0.1) is 12.2 Å². The molecule has 0 heterocycles. The Morgan fingerprint density at radius 3 is 2.19 bits per heavy atom. The SMILES string of the molecule is CCOC(=O)c1ccccc1-c1ccc(C(C)(C)C)cc1. The van der Waals surface area contributed by atoms with Crippen LogP contribution in [0.1, 0.15) is 43.6 Å². The fourth-order valence-electron chi connectivity index (χ4n) is 2.27. The van der Waals surface area contributed by atoms with E-state index in [-0.39, 0.29) is 11.4 Å². The van der Waals surface area contributed by atoms with Gasteiger partial charge in [0.1, 0.15) is 0 Å². The zero-order valence-corrected chi connectivity index (χ0v) is 13.1. The smallest absolute Gasteiger partial charge is 0.338 e. The number of esters is 1. The van der Waals surface area contributed by atoms with E-state index in [0.29, 0.717) is 12.2 Å². The minimum atomic E-state index is -0.270. The molecule has 2 rings (SSSR count). The molecule has 2 aromatic carbocycles. The van der Waals surface area contributed by atoms with Gasteiger partial charge in [-0.2, -0.15) is 0 Å². The van der Waals surface area contributed by atoms with Crippen molar-refractivity contribution in [3.05, 3.63) is 59.7 Å². The average Bonchev–Trinajstić information content (AvgIpc) is 2.47. The van der Waals surface area contributed by atoms with Gasteiger partial charge in [-0.15, -0.1) is 0 Å². The first-order valence-corrected chi connectivity index (χ1v) is 7.30. The van der Waals surface area contributed by atoms with Crippen molar-refractivity contribution >= 4 is 5.97 Å². The van der Waals surface area contributed by atoms with Gasteiger partial charge in [0, 0.05) is 0 Å². The number of carbonyl (C=O) groups excluding carboxylic acids is 1. The van der Waals surface area contributed by atoms with Crippen molar-refractivity contribution in [1.82, 2.24) is 0 Å². The van der Waals surface area contributed by atoms with Gasteiger partial charge in [-0.1, -0.05) is 63.2 Å². The maximum absolute atomic E-state index is 12.0. The van der Waals surface area contributed by atoms with Crippen LogP contribution in [0.3, 0.4) is 0 Å². The fraction of sp³-hybridized carbons (Fsp3) is 0.316. The summed E-state index contributed by atoms with van der Waals surface area (Å²) < 4.78 is 5.13. The third-order valence-electron chi connectivity index (χ3n) is 3.48. The summed E-state index contributed by atoms with van der Waals surface area (Å²) in [5, 5.41) is 0. The molecule has 0 amide bonds. The molecule has 0 spiro atoms. The zero-order chi connectivity index (χ0) is 15.5. The van der Waals surface area contributed by atoms with Crippen LogP contribution >= 0.6 is 0 Å². The molecule has 0 unspecified atom stereocenters. The lowest BCUT2D eigenvalue weighted by atomic mass is 9.86. The molecule has 110 valence electrons. The highest BCUT2D eigenvalue weighted by Gasteiger charge is 2.15. The van der Waals surface area contributed by atoms with Crippen molar-refractivity contribution in [3.63, 3.8) is 0 Å². The molecule has 0 saturated carbocycles. The summed E-state index contributed by atoms with van der Waals surface area (Å²) >= 11 is 0. The van der Waals surface area contributed by atoms with Crippen molar-refractivity contribution in [1.29, 1.82) is 0 Å². The number of hydrogen-bond acceptors (Lipinski definition) is 2. The Morgan fingerprint density at radius 1 is 1.00 bits per heavy atom. The Morgan fingerprint density at radius 2 is 1.62 bits per heavy atom. The van der Waals surface area contributed by atoms with E-state index < -0.39 is 0 Å². The first-order valence-electron chi connectivity index (χ1n) is 7.30. The molecule has 0 radical (unpaired) electrons. The fourth-order valence-corrected chi connectivity index (χ4v) is 2.27. The molecule has 21 heavy (non-hydrogen) atoms. The summed E-state index contributed by atoms with van der Waals surface area (Å²) in [5.74, 6) is -0.270. The lowest BCUT2D eigenvalue weighted by molar-refractivity contribution is 0.0527. The third-order valence-corrected chi connectivity index (χ3v) is 3.48.